The molecular formula is C15H14BrFN2O. The SMILES string of the molecule is Cc1cccc(CN(C)C(=O)c2cc(F)ccc2Br)n1. The quantitative estimate of drug-likeness (QED) is 0.858. The lowest BCUT2D eigenvalue weighted by molar-refractivity contribution is 0.0782. The first kappa shape index (κ1) is 14.7. The van der Waals surface area contributed by atoms with E-state index in [0.29, 0.717) is 16.6 Å². The number of amides is 1. The minimum atomic E-state index is -0.432. The lowest BCUT2D eigenvalue weighted by Gasteiger charge is -2.17. The number of pyridine rings is 1. The van der Waals surface area contributed by atoms with Crippen LogP contribution in [0.3, 0.4) is 0 Å². The topological polar surface area (TPSA) is 33.2 Å². The first-order valence-electron chi connectivity index (χ1n) is 6.10. The van der Waals surface area contributed by atoms with Gasteiger partial charge in [-0.1, -0.05) is 6.07 Å². The summed E-state index contributed by atoms with van der Waals surface area (Å²) in [5, 5.41) is 0. The fourth-order valence-corrected chi connectivity index (χ4v) is 2.29. The second-order valence-electron chi connectivity index (χ2n) is 4.56. The van der Waals surface area contributed by atoms with Crippen LogP contribution in [0.25, 0.3) is 0 Å². The van der Waals surface area contributed by atoms with E-state index in [0.717, 1.165) is 11.4 Å². The lowest BCUT2D eigenvalue weighted by Crippen LogP contribution is -2.27. The first-order chi connectivity index (χ1) is 9.47. The maximum absolute atomic E-state index is 13.2. The van der Waals surface area contributed by atoms with Crippen LogP contribution in [0.1, 0.15) is 21.7 Å². The molecule has 0 saturated heterocycles. The largest absolute Gasteiger partial charge is 0.336 e. The van der Waals surface area contributed by atoms with Gasteiger partial charge in [-0.2, -0.15) is 0 Å². The van der Waals surface area contributed by atoms with Gasteiger partial charge in [0.2, 0.25) is 0 Å². The van der Waals surface area contributed by atoms with Crippen molar-refractivity contribution in [3.05, 3.63) is 63.6 Å². The fourth-order valence-electron chi connectivity index (χ4n) is 1.87. The molecule has 0 N–H and O–H groups in total. The Morgan fingerprint density at radius 2 is 2.10 bits per heavy atom. The molecule has 1 heterocycles. The van der Waals surface area contributed by atoms with Crippen LogP contribution in [0.5, 0.6) is 0 Å². The van der Waals surface area contributed by atoms with E-state index in [1.807, 2.05) is 25.1 Å². The molecule has 0 fully saturated rings. The summed E-state index contributed by atoms with van der Waals surface area (Å²) in [4.78, 5) is 18.2. The number of nitrogens with zero attached hydrogens (tertiary/aromatic N) is 2. The Bertz CT molecular complexity index is 646. The zero-order valence-corrected chi connectivity index (χ0v) is 12.8. The monoisotopic (exact) mass is 336 g/mol. The molecule has 0 aliphatic heterocycles. The molecule has 2 aromatic rings. The summed E-state index contributed by atoms with van der Waals surface area (Å²) in [5.74, 6) is -0.682. The zero-order valence-electron chi connectivity index (χ0n) is 11.2. The number of aryl methyl sites for hydroxylation is 1. The van der Waals surface area contributed by atoms with Gasteiger partial charge in [0.25, 0.3) is 5.91 Å². The molecule has 20 heavy (non-hydrogen) atoms. The lowest BCUT2D eigenvalue weighted by atomic mass is 10.2. The molecule has 1 aromatic heterocycles. The van der Waals surface area contributed by atoms with Crippen molar-refractivity contribution in [2.24, 2.45) is 0 Å². The van der Waals surface area contributed by atoms with Crippen LogP contribution in [0.2, 0.25) is 0 Å². The van der Waals surface area contributed by atoms with Gasteiger partial charge in [0.15, 0.2) is 0 Å². The van der Waals surface area contributed by atoms with Gasteiger partial charge in [-0.3, -0.25) is 9.78 Å². The Morgan fingerprint density at radius 1 is 1.35 bits per heavy atom. The van der Waals surface area contributed by atoms with Crippen molar-refractivity contribution in [2.45, 2.75) is 13.5 Å². The van der Waals surface area contributed by atoms with Gasteiger partial charge < -0.3 is 4.90 Å². The second kappa shape index (κ2) is 6.13. The number of hydrogen-bond donors (Lipinski definition) is 0. The van der Waals surface area contributed by atoms with Crippen molar-refractivity contribution >= 4 is 21.8 Å². The van der Waals surface area contributed by atoms with E-state index in [1.54, 1.807) is 7.05 Å². The first-order valence-corrected chi connectivity index (χ1v) is 6.89. The van der Waals surface area contributed by atoms with Gasteiger partial charge in [0.05, 0.1) is 17.8 Å². The fraction of sp³-hybridized carbons (Fsp3) is 0.200. The maximum Gasteiger partial charge on any atom is 0.255 e. The minimum Gasteiger partial charge on any atom is -0.336 e. The van der Waals surface area contributed by atoms with Crippen LogP contribution < -0.4 is 0 Å². The number of benzene rings is 1. The molecule has 5 heteroatoms. The third-order valence-corrected chi connectivity index (χ3v) is 3.54. The summed E-state index contributed by atoms with van der Waals surface area (Å²) >= 11 is 3.27. The normalized spacial score (nSPS) is 10.4. The Hall–Kier alpha value is -1.75. The van der Waals surface area contributed by atoms with Crippen LogP contribution in [0, 0.1) is 12.7 Å². The summed E-state index contributed by atoms with van der Waals surface area (Å²) in [6.45, 7) is 2.28. The number of halogens is 2. The van der Waals surface area contributed by atoms with Crippen molar-refractivity contribution < 1.29 is 9.18 Å². The standard InChI is InChI=1S/C15H14BrFN2O/c1-10-4-3-5-12(18-10)9-19(2)15(20)13-8-11(17)6-7-14(13)16/h3-8H,9H2,1-2H3. The van der Waals surface area contributed by atoms with Crippen LogP contribution in [-0.4, -0.2) is 22.8 Å². The summed E-state index contributed by atoms with van der Waals surface area (Å²) in [6.07, 6.45) is 0. The molecule has 2 rings (SSSR count). The second-order valence-corrected chi connectivity index (χ2v) is 5.41. The molecule has 104 valence electrons. The van der Waals surface area contributed by atoms with Crippen molar-refractivity contribution in [3.8, 4) is 0 Å². The summed E-state index contributed by atoms with van der Waals surface area (Å²) in [6, 6.07) is 9.72. The average molecular weight is 337 g/mol. The van der Waals surface area contributed by atoms with E-state index in [2.05, 4.69) is 20.9 Å². The van der Waals surface area contributed by atoms with Gasteiger partial charge in [-0.25, -0.2) is 4.39 Å². The number of carbonyl (C=O) groups excluding carboxylic acids is 1. The number of rotatable bonds is 3. The van der Waals surface area contributed by atoms with E-state index in [4.69, 9.17) is 0 Å². The van der Waals surface area contributed by atoms with Crippen LogP contribution in [-0.2, 0) is 6.54 Å². The highest BCUT2D eigenvalue weighted by molar-refractivity contribution is 9.10. The number of carbonyl (C=O) groups is 1. The Balaban J connectivity index is 2.18. The van der Waals surface area contributed by atoms with Crippen LogP contribution in [0.15, 0.2) is 40.9 Å². The molecule has 3 nitrogen and oxygen atoms in total. The molecule has 0 unspecified atom stereocenters. The third-order valence-electron chi connectivity index (χ3n) is 2.85. The Morgan fingerprint density at radius 3 is 2.80 bits per heavy atom. The molecule has 0 atom stereocenters. The van der Waals surface area contributed by atoms with E-state index in [-0.39, 0.29) is 5.91 Å². The van der Waals surface area contributed by atoms with Gasteiger partial charge in [-0.15, -0.1) is 0 Å². The Kier molecular flexibility index (Phi) is 4.49. The molecule has 0 spiro atoms. The summed E-state index contributed by atoms with van der Waals surface area (Å²) in [5.41, 5.74) is 2.00. The molecule has 0 aliphatic rings. The maximum atomic E-state index is 13.2. The van der Waals surface area contributed by atoms with E-state index >= 15 is 0 Å². The van der Waals surface area contributed by atoms with Crippen LogP contribution >= 0.6 is 15.9 Å². The molecular weight excluding hydrogens is 323 g/mol. The van der Waals surface area contributed by atoms with Crippen molar-refractivity contribution in [1.29, 1.82) is 0 Å². The predicted octanol–water partition coefficient (Wildman–Crippen LogP) is 3.56. The van der Waals surface area contributed by atoms with Crippen molar-refractivity contribution in [3.63, 3.8) is 0 Å². The molecule has 1 amide bonds. The minimum absolute atomic E-state index is 0.250. The average Bonchev–Trinajstić information content (AvgIpc) is 2.40. The molecule has 0 saturated carbocycles. The van der Waals surface area contributed by atoms with Gasteiger partial charge >= 0.3 is 0 Å². The number of aromatic nitrogens is 1. The van der Waals surface area contributed by atoms with Crippen molar-refractivity contribution in [1.82, 2.24) is 9.88 Å². The predicted molar refractivity (Wildman–Crippen MR) is 78.9 cm³/mol. The van der Waals surface area contributed by atoms with Crippen LogP contribution in [0.4, 0.5) is 4.39 Å². The third kappa shape index (κ3) is 3.42. The van der Waals surface area contributed by atoms with E-state index < -0.39 is 5.82 Å². The van der Waals surface area contributed by atoms with Gasteiger partial charge in [-0.05, 0) is 53.2 Å². The highest BCUT2D eigenvalue weighted by Crippen LogP contribution is 2.19. The number of hydrogen-bond acceptors (Lipinski definition) is 2. The molecule has 1 aromatic carbocycles. The van der Waals surface area contributed by atoms with Crippen molar-refractivity contribution in [2.75, 3.05) is 7.05 Å². The summed E-state index contributed by atoms with van der Waals surface area (Å²) < 4.78 is 13.8. The van der Waals surface area contributed by atoms with Gasteiger partial charge in [0, 0.05) is 17.2 Å². The highest BCUT2D eigenvalue weighted by Gasteiger charge is 2.16. The van der Waals surface area contributed by atoms with E-state index in [9.17, 15) is 9.18 Å². The smallest absolute Gasteiger partial charge is 0.255 e. The summed E-state index contributed by atoms with van der Waals surface area (Å²) in [7, 11) is 1.67. The zero-order chi connectivity index (χ0) is 14.7. The molecule has 0 aliphatic carbocycles. The highest BCUT2D eigenvalue weighted by atomic mass is 79.9. The molecule has 0 radical (unpaired) electrons. The Labute approximate surface area is 125 Å². The molecule has 0 bridgehead atoms. The van der Waals surface area contributed by atoms with Gasteiger partial charge in [0.1, 0.15) is 5.82 Å². The van der Waals surface area contributed by atoms with E-state index in [1.165, 1.54) is 23.1 Å².